The van der Waals surface area contributed by atoms with Crippen LogP contribution in [0.2, 0.25) is 0 Å². The number of rotatable bonds is 2. The molecule has 0 spiro atoms. The molecule has 0 aliphatic carbocycles. The normalized spacial score (nSPS) is 22.1. The van der Waals surface area contributed by atoms with E-state index in [2.05, 4.69) is 0 Å². The molecule has 1 aliphatic rings. The molecule has 0 saturated heterocycles. The van der Waals surface area contributed by atoms with Crippen LogP contribution in [0.4, 0.5) is 0 Å². The number of para-hydroxylation sites is 1. The molecule has 22 heavy (non-hydrogen) atoms. The SMILES string of the molecule is CC1=C[C@@H](C)n2c(=O)n(-c3ccccc3)c(=O)n2[C@@H]1[C@H](C)O. The van der Waals surface area contributed by atoms with E-state index in [9.17, 15) is 14.7 Å². The summed E-state index contributed by atoms with van der Waals surface area (Å²) in [4.78, 5) is 25.5. The lowest BCUT2D eigenvalue weighted by atomic mass is 10.0. The smallest absolute Gasteiger partial charge is 0.352 e. The summed E-state index contributed by atoms with van der Waals surface area (Å²) in [6.45, 7) is 5.35. The predicted octanol–water partition coefficient (Wildman–Crippen LogP) is 1.24. The predicted molar refractivity (Wildman–Crippen MR) is 83.5 cm³/mol. The summed E-state index contributed by atoms with van der Waals surface area (Å²) in [6, 6.07) is 8.06. The van der Waals surface area contributed by atoms with E-state index in [0.29, 0.717) is 5.69 Å². The lowest BCUT2D eigenvalue weighted by Gasteiger charge is -2.30. The minimum Gasteiger partial charge on any atom is -0.391 e. The molecule has 0 amide bonds. The summed E-state index contributed by atoms with van der Waals surface area (Å²) < 4.78 is 3.94. The van der Waals surface area contributed by atoms with Crippen molar-refractivity contribution >= 4 is 0 Å². The minimum absolute atomic E-state index is 0.236. The van der Waals surface area contributed by atoms with Gasteiger partial charge in [0.2, 0.25) is 0 Å². The fourth-order valence-corrected chi connectivity index (χ4v) is 3.22. The molecule has 0 fully saturated rings. The van der Waals surface area contributed by atoms with Gasteiger partial charge in [-0.2, -0.15) is 0 Å². The maximum absolute atomic E-state index is 12.8. The Kier molecular flexibility index (Phi) is 3.41. The zero-order valence-corrected chi connectivity index (χ0v) is 12.8. The molecular formula is C16H19N3O3. The number of hydrogen-bond acceptors (Lipinski definition) is 3. The highest BCUT2D eigenvalue weighted by Gasteiger charge is 2.32. The Bertz CT molecular complexity index is 840. The number of aliphatic hydroxyl groups excluding tert-OH is 1. The third kappa shape index (κ3) is 1.99. The third-order valence-corrected chi connectivity index (χ3v) is 4.10. The van der Waals surface area contributed by atoms with Crippen molar-refractivity contribution in [1.82, 2.24) is 13.9 Å². The fraction of sp³-hybridized carbons (Fsp3) is 0.375. The van der Waals surface area contributed by atoms with Crippen molar-refractivity contribution in [2.24, 2.45) is 0 Å². The van der Waals surface area contributed by atoms with Crippen LogP contribution >= 0.6 is 0 Å². The van der Waals surface area contributed by atoms with Crippen molar-refractivity contribution in [2.45, 2.75) is 39.0 Å². The Morgan fingerprint density at radius 2 is 1.68 bits per heavy atom. The van der Waals surface area contributed by atoms with Crippen molar-refractivity contribution in [3.8, 4) is 5.69 Å². The second-order valence-electron chi connectivity index (χ2n) is 5.76. The molecule has 0 bridgehead atoms. The summed E-state index contributed by atoms with van der Waals surface area (Å²) in [5.41, 5.74) is 0.593. The molecule has 2 aromatic rings. The highest BCUT2D eigenvalue weighted by atomic mass is 16.3. The second-order valence-corrected chi connectivity index (χ2v) is 5.76. The zero-order valence-electron chi connectivity index (χ0n) is 12.8. The van der Waals surface area contributed by atoms with Crippen molar-refractivity contribution in [1.29, 1.82) is 0 Å². The van der Waals surface area contributed by atoms with E-state index in [4.69, 9.17) is 0 Å². The van der Waals surface area contributed by atoms with Crippen LogP contribution in [0.1, 0.15) is 32.9 Å². The minimum atomic E-state index is -0.765. The van der Waals surface area contributed by atoms with Gasteiger partial charge in [0.25, 0.3) is 0 Å². The van der Waals surface area contributed by atoms with Crippen molar-refractivity contribution < 1.29 is 5.11 Å². The average molecular weight is 301 g/mol. The first-order chi connectivity index (χ1) is 10.4. The molecule has 3 rings (SSSR count). The standard InChI is InChI=1S/C16H19N3O3/c1-10-9-11(2)18-15(21)17(13-7-5-4-6-8-13)16(22)19(18)14(10)12(3)20/h4-9,11-12,14,20H,1-3H3/t11-,12+,14+/m1/s1. The van der Waals surface area contributed by atoms with Crippen LogP contribution in [0.3, 0.4) is 0 Å². The highest BCUT2D eigenvalue weighted by molar-refractivity contribution is 5.31. The summed E-state index contributed by atoms with van der Waals surface area (Å²) in [5.74, 6) is 0. The van der Waals surface area contributed by atoms with Gasteiger partial charge in [-0.25, -0.2) is 23.5 Å². The number of fused-ring (bicyclic) bond motifs is 1. The summed E-state index contributed by atoms with van der Waals surface area (Å²) in [5, 5.41) is 10.1. The van der Waals surface area contributed by atoms with E-state index in [1.807, 2.05) is 26.0 Å². The van der Waals surface area contributed by atoms with E-state index in [1.54, 1.807) is 31.2 Å². The molecule has 1 aromatic heterocycles. The van der Waals surface area contributed by atoms with Crippen molar-refractivity contribution in [3.05, 3.63) is 62.9 Å². The maximum atomic E-state index is 12.8. The van der Waals surface area contributed by atoms with E-state index in [1.165, 1.54) is 9.36 Å². The van der Waals surface area contributed by atoms with Gasteiger partial charge in [0.05, 0.1) is 17.8 Å². The zero-order chi connectivity index (χ0) is 16.0. The third-order valence-electron chi connectivity index (χ3n) is 4.10. The Morgan fingerprint density at radius 3 is 2.27 bits per heavy atom. The number of nitrogens with zero attached hydrogens (tertiary/aromatic N) is 3. The molecule has 6 heteroatoms. The number of aromatic nitrogens is 3. The maximum Gasteiger partial charge on any atom is 0.352 e. The van der Waals surface area contributed by atoms with Gasteiger partial charge in [0, 0.05) is 0 Å². The molecule has 0 unspecified atom stereocenters. The summed E-state index contributed by atoms with van der Waals surface area (Å²) in [6.07, 6.45) is 1.15. The van der Waals surface area contributed by atoms with Gasteiger partial charge in [-0.15, -0.1) is 0 Å². The van der Waals surface area contributed by atoms with Crippen molar-refractivity contribution in [2.75, 3.05) is 0 Å². The van der Waals surface area contributed by atoms with Crippen LogP contribution in [-0.2, 0) is 0 Å². The topological polar surface area (TPSA) is 69.2 Å². The Labute approximate surface area is 127 Å². The molecule has 116 valence electrons. The second kappa shape index (κ2) is 5.14. The first-order valence-corrected chi connectivity index (χ1v) is 7.31. The van der Waals surface area contributed by atoms with Gasteiger partial charge in [0.1, 0.15) is 6.04 Å². The molecular weight excluding hydrogens is 282 g/mol. The first kappa shape index (κ1) is 14.6. The van der Waals surface area contributed by atoms with Crippen LogP contribution in [0.5, 0.6) is 0 Å². The molecule has 6 nitrogen and oxygen atoms in total. The molecule has 0 saturated carbocycles. The molecule has 1 N–H and O–H groups in total. The largest absolute Gasteiger partial charge is 0.391 e. The summed E-state index contributed by atoms with van der Waals surface area (Å²) in [7, 11) is 0. The van der Waals surface area contributed by atoms with Crippen LogP contribution in [0.15, 0.2) is 51.6 Å². The number of allylic oxidation sites excluding steroid dienone is 1. The molecule has 0 radical (unpaired) electrons. The van der Waals surface area contributed by atoms with Gasteiger partial charge >= 0.3 is 11.4 Å². The van der Waals surface area contributed by atoms with E-state index < -0.39 is 23.5 Å². The molecule has 1 aliphatic heterocycles. The monoisotopic (exact) mass is 301 g/mol. The Morgan fingerprint density at radius 1 is 1.09 bits per heavy atom. The molecule has 2 heterocycles. The van der Waals surface area contributed by atoms with E-state index >= 15 is 0 Å². The van der Waals surface area contributed by atoms with Gasteiger partial charge in [0.15, 0.2) is 0 Å². The lowest BCUT2D eigenvalue weighted by Crippen LogP contribution is -2.40. The van der Waals surface area contributed by atoms with Crippen LogP contribution < -0.4 is 11.4 Å². The van der Waals surface area contributed by atoms with E-state index in [0.717, 1.165) is 10.1 Å². The van der Waals surface area contributed by atoms with Crippen LogP contribution in [-0.4, -0.2) is 25.1 Å². The molecule has 1 aromatic carbocycles. The Balaban J connectivity index is 2.34. The number of hydrogen-bond donors (Lipinski definition) is 1. The Hall–Kier alpha value is -2.34. The van der Waals surface area contributed by atoms with Gasteiger partial charge in [-0.1, -0.05) is 24.3 Å². The highest BCUT2D eigenvalue weighted by Crippen LogP contribution is 2.27. The van der Waals surface area contributed by atoms with Gasteiger partial charge in [-0.3, -0.25) is 0 Å². The number of aliphatic hydroxyl groups is 1. The van der Waals surface area contributed by atoms with Gasteiger partial charge < -0.3 is 5.11 Å². The number of benzene rings is 1. The lowest BCUT2D eigenvalue weighted by molar-refractivity contribution is 0.122. The fourth-order valence-electron chi connectivity index (χ4n) is 3.22. The van der Waals surface area contributed by atoms with Crippen molar-refractivity contribution in [3.63, 3.8) is 0 Å². The summed E-state index contributed by atoms with van der Waals surface area (Å²) >= 11 is 0. The average Bonchev–Trinajstić information content (AvgIpc) is 2.71. The molecule has 3 atom stereocenters. The van der Waals surface area contributed by atoms with Crippen LogP contribution in [0.25, 0.3) is 5.69 Å². The van der Waals surface area contributed by atoms with Crippen LogP contribution in [0, 0.1) is 0 Å². The quantitative estimate of drug-likeness (QED) is 0.849. The van der Waals surface area contributed by atoms with Gasteiger partial charge in [-0.05, 0) is 38.5 Å². The van der Waals surface area contributed by atoms with E-state index in [-0.39, 0.29) is 6.04 Å². The first-order valence-electron chi connectivity index (χ1n) is 7.31.